The predicted molar refractivity (Wildman–Crippen MR) is 56.0 cm³/mol. The quantitative estimate of drug-likeness (QED) is 0.803. The third-order valence-electron chi connectivity index (χ3n) is 2.17. The van der Waals surface area contributed by atoms with Crippen molar-refractivity contribution in [3.8, 4) is 0 Å². The van der Waals surface area contributed by atoms with Crippen LogP contribution in [0.4, 0.5) is 0 Å². The van der Waals surface area contributed by atoms with Crippen LogP contribution >= 0.6 is 0 Å². The number of hydrogen-bond acceptors (Lipinski definition) is 2. The molecule has 0 bridgehead atoms. The minimum atomic E-state index is -0.527. The molecule has 1 atom stereocenters. The van der Waals surface area contributed by atoms with Crippen LogP contribution in [-0.2, 0) is 4.79 Å². The summed E-state index contributed by atoms with van der Waals surface area (Å²) < 4.78 is 1.55. The first-order valence-corrected chi connectivity index (χ1v) is 4.62. The van der Waals surface area contributed by atoms with Gasteiger partial charge in [-0.25, -0.2) is 0 Å². The van der Waals surface area contributed by atoms with Crippen molar-refractivity contribution < 1.29 is 4.79 Å². The maximum absolute atomic E-state index is 11.4. The van der Waals surface area contributed by atoms with Crippen molar-refractivity contribution in [3.63, 3.8) is 0 Å². The highest BCUT2D eigenvalue weighted by atomic mass is 16.1. The van der Waals surface area contributed by atoms with Crippen molar-refractivity contribution in [2.45, 2.75) is 6.04 Å². The smallest absolute Gasteiger partial charge is 0.246 e. The van der Waals surface area contributed by atoms with Gasteiger partial charge in [0.15, 0.2) is 6.04 Å². The third kappa shape index (κ3) is 1.88. The number of nitrogens with zero attached hydrogens (tertiary/aromatic N) is 2. The number of rotatable bonds is 3. The number of hydrogen-bond donors (Lipinski definition) is 1. The van der Waals surface area contributed by atoms with E-state index in [1.165, 1.54) is 0 Å². The summed E-state index contributed by atoms with van der Waals surface area (Å²) in [7, 11) is 0. The molecular formula is C11H11N3O. The molecule has 1 amide bonds. The lowest BCUT2D eigenvalue weighted by Gasteiger charge is -2.13. The number of primary amides is 1. The lowest BCUT2D eigenvalue weighted by atomic mass is 10.1. The van der Waals surface area contributed by atoms with E-state index < -0.39 is 11.9 Å². The normalized spacial score (nSPS) is 12.3. The molecule has 1 heterocycles. The van der Waals surface area contributed by atoms with Crippen molar-refractivity contribution in [2.24, 2.45) is 5.73 Å². The Morgan fingerprint density at radius 1 is 1.27 bits per heavy atom. The maximum Gasteiger partial charge on any atom is 0.246 e. The number of carbonyl (C=O) groups is 1. The van der Waals surface area contributed by atoms with Crippen LogP contribution in [0.25, 0.3) is 0 Å². The summed E-state index contributed by atoms with van der Waals surface area (Å²) in [6.45, 7) is 0. The summed E-state index contributed by atoms with van der Waals surface area (Å²) >= 11 is 0. The van der Waals surface area contributed by atoms with Crippen LogP contribution in [-0.4, -0.2) is 15.7 Å². The standard InChI is InChI=1S/C11H11N3O/c12-11(15)10(14-8-4-7-13-14)9-5-2-1-3-6-9/h1-8,10H,(H2,12,15). The van der Waals surface area contributed by atoms with Crippen LogP contribution < -0.4 is 5.73 Å². The predicted octanol–water partition coefficient (Wildman–Crippen LogP) is 0.958. The second-order valence-electron chi connectivity index (χ2n) is 3.20. The summed E-state index contributed by atoms with van der Waals surface area (Å²) in [5.41, 5.74) is 6.20. The second-order valence-corrected chi connectivity index (χ2v) is 3.20. The van der Waals surface area contributed by atoms with E-state index in [1.54, 1.807) is 23.1 Å². The first-order chi connectivity index (χ1) is 7.29. The zero-order valence-electron chi connectivity index (χ0n) is 8.08. The zero-order valence-corrected chi connectivity index (χ0v) is 8.08. The first-order valence-electron chi connectivity index (χ1n) is 4.62. The molecular weight excluding hydrogens is 190 g/mol. The van der Waals surface area contributed by atoms with Gasteiger partial charge >= 0.3 is 0 Å². The molecule has 4 heteroatoms. The van der Waals surface area contributed by atoms with Crippen molar-refractivity contribution >= 4 is 5.91 Å². The van der Waals surface area contributed by atoms with E-state index in [-0.39, 0.29) is 0 Å². The van der Waals surface area contributed by atoms with Gasteiger partial charge in [-0.15, -0.1) is 0 Å². The monoisotopic (exact) mass is 201 g/mol. The van der Waals surface area contributed by atoms with Gasteiger partial charge in [-0.1, -0.05) is 30.3 Å². The Morgan fingerprint density at radius 2 is 2.00 bits per heavy atom. The van der Waals surface area contributed by atoms with Gasteiger partial charge in [-0.05, 0) is 11.6 Å². The molecule has 0 spiro atoms. The second kappa shape index (κ2) is 3.96. The Morgan fingerprint density at radius 3 is 2.53 bits per heavy atom. The lowest BCUT2D eigenvalue weighted by Crippen LogP contribution is -2.27. The Kier molecular flexibility index (Phi) is 2.49. The average molecular weight is 201 g/mol. The van der Waals surface area contributed by atoms with E-state index in [1.807, 2.05) is 30.3 Å². The van der Waals surface area contributed by atoms with Crippen LogP contribution in [0.5, 0.6) is 0 Å². The Bertz CT molecular complexity index is 436. The van der Waals surface area contributed by atoms with Crippen LogP contribution in [0.15, 0.2) is 48.8 Å². The lowest BCUT2D eigenvalue weighted by molar-refractivity contribution is -0.120. The number of carbonyl (C=O) groups excluding carboxylic acids is 1. The molecule has 2 rings (SSSR count). The molecule has 0 aliphatic heterocycles. The van der Waals surface area contributed by atoms with Gasteiger partial charge in [0, 0.05) is 12.4 Å². The molecule has 4 nitrogen and oxygen atoms in total. The fourth-order valence-electron chi connectivity index (χ4n) is 1.52. The fourth-order valence-corrected chi connectivity index (χ4v) is 1.52. The molecule has 0 aliphatic rings. The van der Waals surface area contributed by atoms with Crippen LogP contribution in [0.3, 0.4) is 0 Å². The van der Waals surface area contributed by atoms with Gasteiger partial charge in [-0.3, -0.25) is 9.48 Å². The van der Waals surface area contributed by atoms with Crippen molar-refractivity contribution in [1.29, 1.82) is 0 Å². The molecule has 1 unspecified atom stereocenters. The number of benzene rings is 1. The van der Waals surface area contributed by atoms with Crippen molar-refractivity contribution in [3.05, 3.63) is 54.4 Å². The largest absolute Gasteiger partial charge is 0.368 e. The van der Waals surface area contributed by atoms with E-state index >= 15 is 0 Å². The molecule has 2 aromatic rings. The van der Waals surface area contributed by atoms with Gasteiger partial charge in [0.05, 0.1) is 0 Å². The van der Waals surface area contributed by atoms with Crippen LogP contribution in [0.2, 0.25) is 0 Å². The van der Waals surface area contributed by atoms with E-state index in [4.69, 9.17) is 5.73 Å². The van der Waals surface area contributed by atoms with E-state index in [2.05, 4.69) is 5.10 Å². The molecule has 0 radical (unpaired) electrons. The molecule has 2 N–H and O–H groups in total. The zero-order chi connectivity index (χ0) is 10.7. The highest BCUT2D eigenvalue weighted by Gasteiger charge is 2.19. The SMILES string of the molecule is NC(=O)C(c1ccccc1)n1cccn1. The van der Waals surface area contributed by atoms with E-state index in [0.717, 1.165) is 5.56 Å². The highest BCUT2D eigenvalue weighted by molar-refractivity contribution is 5.81. The number of amides is 1. The van der Waals surface area contributed by atoms with Gasteiger partial charge in [0.1, 0.15) is 0 Å². The molecule has 15 heavy (non-hydrogen) atoms. The minimum absolute atomic E-state index is 0.412. The van der Waals surface area contributed by atoms with E-state index in [0.29, 0.717) is 0 Å². The van der Waals surface area contributed by atoms with Gasteiger partial charge in [0.2, 0.25) is 5.91 Å². The molecule has 1 aromatic carbocycles. The highest BCUT2D eigenvalue weighted by Crippen LogP contribution is 2.16. The van der Waals surface area contributed by atoms with Crippen LogP contribution in [0.1, 0.15) is 11.6 Å². The fraction of sp³-hybridized carbons (Fsp3) is 0.0909. The summed E-state index contributed by atoms with van der Waals surface area (Å²) in [6, 6.07) is 10.6. The van der Waals surface area contributed by atoms with E-state index in [9.17, 15) is 4.79 Å². The number of nitrogens with two attached hydrogens (primary N) is 1. The van der Waals surface area contributed by atoms with Crippen LogP contribution in [0, 0.1) is 0 Å². The van der Waals surface area contributed by atoms with Gasteiger partial charge < -0.3 is 5.73 Å². The molecule has 0 saturated heterocycles. The molecule has 76 valence electrons. The minimum Gasteiger partial charge on any atom is -0.368 e. The summed E-state index contributed by atoms with van der Waals surface area (Å²) in [5, 5.41) is 4.03. The van der Waals surface area contributed by atoms with Gasteiger partial charge in [0.25, 0.3) is 0 Å². The summed E-state index contributed by atoms with van der Waals surface area (Å²) in [4.78, 5) is 11.4. The Labute approximate surface area is 87.3 Å². The molecule has 1 aromatic heterocycles. The number of aromatic nitrogens is 2. The van der Waals surface area contributed by atoms with Gasteiger partial charge in [-0.2, -0.15) is 5.10 Å². The third-order valence-corrected chi connectivity index (χ3v) is 2.17. The maximum atomic E-state index is 11.4. The molecule has 0 saturated carbocycles. The van der Waals surface area contributed by atoms with Crippen molar-refractivity contribution in [1.82, 2.24) is 9.78 Å². The first kappa shape index (κ1) is 9.45. The summed E-state index contributed by atoms with van der Waals surface area (Å²) in [6.07, 6.45) is 3.35. The topological polar surface area (TPSA) is 60.9 Å². The van der Waals surface area contributed by atoms with Crippen molar-refractivity contribution in [2.75, 3.05) is 0 Å². The average Bonchev–Trinajstić information content (AvgIpc) is 2.72. The molecule has 0 aliphatic carbocycles. The Balaban J connectivity index is 2.42. The summed E-state index contributed by atoms with van der Waals surface area (Å²) in [5.74, 6) is -0.412. The molecule has 0 fully saturated rings. The Hall–Kier alpha value is -2.10.